The molecule has 6 nitrogen and oxygen atoms in total. The summed E-state index contributed by atoms with van der Waals surface area (Å²) in [5.41, 5.74) is 0. The van der Waals surface area contributed by atoms with Gasteiger partial charge in [0.25, 0.3) is 0 Å². The Morgan fingerprint density at radius 1 is 1.56 bits per heavy atom. The Balaban J connectivity index is 2.56. The van der Waals surface area contributed by atoms with Gasteiger partial charge in [-0.1, -0.05) is 6.92 Å². The third-order valence-corrected chi connectivity index (χ3v) is 3.35. The summed E-state index contributed by atoms with van der Waals surface area (Å²) in [5, 5.41) is 0. The Morgan fingerprint density at radius 2 is 2.25 bits per heavy atom. The lowest BCUT2D eigenvalue weighted by Crippen LogP contribution is -2.33. The van der Waals surface area contributed by atoms with Crippen LogP contribution in [0.25, 0.3) is 0 Å². The van der Waals surface area contributed by atoms with Crippen molar-refractivity contribution in [2.45, 2.75) is 38.6 Å². The summed E-state index contributed by atoms with van der Waals surface area (Å²) in [6.07, 6.45) is -0.288. The zero-order valence-electron chi connectivity index (χ0n) is 9.79. The molecular formula is C9H19O6P. The number of ether oxygens (including phenoxy) is 2. The van der Waals surface area contributed by atoms with Crippen molar-refractivity contribution in [3.63, 3.8) is 0 Å². The molecule has 1 saturated heterocycles. The average molecular weight is 254 g/mol. The van der Waals surface area contributed by atoms with Crippen LogP contribution in [0, 0.1) is 0 Å². The highest BCUT2D eigenvalue weighted by molar-refractivity contribution is 7.47. The summed E-state index contributed by atoms with van der Waals surface area (Å²) >= 11 is 0. The van der Waals surface area contributed by atoms with Crippen molar-refractivity contribution in [3.8, 4) is 0 Å². The predicted molar refractivity (Wildman–Crippen MR) is 57.2 cm³/mol. The molecule has 4 atom stereocenters. The number of hydrogen-bond acceptors (Lipinski definition) is 5. The summed E-state index contributed by atoms with van der Waals surface area (Å²) < 4.78 is 31.5. The molecule has 1 rings (SSSR count). The van der Waals surface area contributed by atoms with Gasteiger partial charge in [0.2, 0.25) is 0 Å². The predicted octanol–water partition coefficient (Wildman–Crippen LogP) is 1.33. The summed E-state index contributed by atoms with van der Waals surface area (Å²) in [4.78, 5) is 9.24. The first kappa shape index (κ1) is 14.1. The first-order valence-corrected chi connectivity index (χ1v) is 6.80. The zero-order chi connectivity index (χ0) is 12.2. The summed E-state index contributed by atoms with van der Waals surface area (Å²) in [6, 6.07) is 0. The molecule has 0 aromatic rings. The lowest BCUT2D eigenvalue weighted by atomic mass is 10.2. The Kier molecular flexibility index (Phi) is 5.37. The fourth-order valence-corrected chi connectivity index (χ4v) is 2.20. The molecule has 0 bridgehead atoms. The Hall–Kier alpha value is 0.0300. The molecule has 0 spiro atoms. The lowest BCUT2D eigenvalue weighted by Gasteiger charge is -2.22. The minimum atomic E-state index is -3.99. The van der Waals surface area contributed by atoms with Crippen LogP contribution < -0.4 is 0 Å². The molecule has 0 saturated carbocycles. The number of phosphoric ester groups is 1. The molecule has 1 fully saturated rings. The van der Waals surface area contributed by atoms with E-state index < -0.39 is 13.9 Å². The van der Waals surface area contributed by atoms with E-state index in [2.05, 4.69) is 4.52 Å². The van der Waals surface area contributed by atoms with Gasteiger partial charge < -0.3 is 14.4 Å². The van der Waals surface area contributed by atoms with Crippen molar-refractivity contribution < 1.29 is 28.0 Å². The zero-order valence-corrected chi connectivity index (χ0v) is 10.7. The molecule has 0 aromatic heterocycles. The highest BCUT2D eigenvalue weighted by Gasteiger charge is 2.41. The van der Waals surface area contributed by atoms with Crippen LogP contribution in [0.3, 0.4) is 0 Å². The molecule has 1 aliphatic rings. The second-order valence-corrected chi connectivity index (χ2v) is 5.18. The van der Waals surface area contributed by atoms with Gasteiger partial charge in [0.1, 0.15) is 12.2 Å². The molecule has 1 heterocycles. The van der Waals surface area contributed by atoms with Gasteiger partial charge >= 0.3 is 7.82 Å². The number of hydrogen-bond donors (Lipinski definition) is 1. The van der Waals surface area contributed by atoms with E-state index in [1.807, 2.05) is 6.92 Å². The maximum Gasteiger partial charge on any atom is 0.472 e. The van der Waals surface area contributed by atoms with Crippen LogP contribution >= 0.6 is 7.82 Å². The van der Waals surface area contributed by atoms with Gasteiger partial charge in [0.15, 0.2) is 0 Å². The van der Waals surface area contributed by atoms with Gasteiger partial charge in [0, 0.05) is 13.7 Å². The van der Waals surface area contributed by atoms with Crippen LogP contribution in [0.4, 0.5) is 0 Å². The van der Waals surface area contributed by atoms with E-state index in [9.17, 15) is 9.46 Å². The minimum Gasteiger partial charge on any atom is -0.373 e. The van der Waals surface area contributed by atoms with Gasteiger partial charge in [0.05, 0.1) is 12.7 Å². The van der Waals surface area contributed by atoms with Crippen LogP contribution in [-0.2, 0) is 23.1 Å². The molecule has 0 aromatic carbocycles. The van der Waals surface area contributed by atoms with Crippen molar-refractivity contribution in [1.82, 2.24) is 0 Å². The van der Waals surface area contributed by atoms with E-state index in [1.165, 1.54) is 0 Å². The van der Waals surface area contributed by atoms with E-state index in [0.717, 1.165) is 13.5 Å². The maximum absolute atomic E-state index is 11.3. The van der Waals surface area contributed by atoms with Gasteiger partial charge in [-0.05, 0) is 13.3 Å². The molecule has 96 valence electrons. The number of rotatable bonds is 6. The fourth-order valence-electron chi connectivity index (χ4n) is 1.50. The molecule has 1 N–H and O–H groups in total. The molecular weight excluding hydrogens is 235 g/mol. The van der Waals surface area contributed by atoms with E-state index in [4.69, 9.17) is 14.0 Å². The van der Waals surface area contributed by atoms with Crippen molar-refractivity contribution in [1.29, 1.82) is 0 Å². The van der Waals surface area contributed by atoms with E-state index >= 15 is 0 Å². The van der Waals surface area contributed by atoms with Gasteiger partial charge in [-0.3, -0.25) is 9.05 Å². The average Bonchev–Trinajstić information content (AvgIpc) is 2.57. The van der Waals surface area contributed by atoms with Crippen molar-refractivity contribution in [2.75, 3.05) is 20.3 Å². The van der Waals surface area contributed by atoms with Crippen LogP contribution in [0.2, 0.25) is 0 Å². The third kappa shape index (κ3) is 3.80. The first-order valence-electron chi connectivity index (χ1n) is 5.30. The van der Waals surface area contributed by atoms with Gasteiger partial charge in [-0.15, -0.1) is 0 Å². The molecule has 0 aliphatic carbocycles. The Morgan fingerprint density at radius 3 is 2.81 bits per heavy atom. The molecule has 2 unspecified atom stereocenters. The molecule has 7 heteroatoms. The molecule has 0 amide bonds. The van der Waals surface area contributed by atoms with Crippen molar-refractivity contribution in [3.05, 3.63) is 0 Å². The van der Waals surface area contributed by atoms with Gasteiger partial charge in [-0.2, -0.15) is 0 Å². The maximum atomic E-state index is 11.3. The quantitative estimate of drug-likeness (QED) is 0.721. The summed E-state index contributed by atoms with van der Waals surface area (Å²) in [7, 11) is -2.86. The minimum absolute atomic E-state index is 0.280. The molecule has 1 aliphatic heterocycles. The molecule has 16 heavy (non-hydrogen) atoms. The smallest absolute Gasteiger partial charge is 0.373 e. The highest BCUT2D eigenvalue weighted by atomic mass is 31.2. The first-order chi connectivity index (χ1) is 7.50. The fraction of sp³-hybridized carbons (Fsp3) is 1.00. The van der Waals surface area contributed by atoms with Crippen molar-refractivity contribution >= 4 is 7.82 Å². The number of phosphoric acid groups is 1. The van der Waals surface area contributed by atoms with Crippen molar-refractivity contribution in [2.24, 2.45) is 0 Å². The monoisotopic (exact) mass is 254 g/mol. The van der Waals surface area contributed by atoms with E-state index in [1.54, 1.807) is 6.92 Å². The second kappa shape index (κ2) is 6.10. The SMILES string of the molecule is CCCO[C@@H]1CO[C@H](C)C1OP(=O)(O)OC. The van der Waals surface area contributed by atoms with Crippen LogP contribution in [0.1, 0.15) is 20.3 Å². The topological polar surface area (TPSA) is 74.2 Å². The summed E-state index contributed by atoms with van der Waals surface area (Å²) in [6.45, 7) is 4.70. The van der Waals surface area contributed by atoms with Crippen LogP contribution in [-0.4, -0.2) is 43.5 Å². The standard InChI is InChI=1S/C9H19O6P/c1-4-5-13-8-6-14-7(2)9(8)15-16(10,11)12-3/h7-9H,4-6H2,1-3H3,(H,10,11)/t7-,8-,9?/m1/s1. The third-order valence-electron chi connectivity index (χ3n) is 2.37. The van der Waals surface area contributed by atoms with Crippen LogP contribution in [0.15, 0.2) is 0 Å². The lowest BCUT2D eigenvalue weighted by molar-refractivity contribution is -0.0173. The normalized spacial score (nSPS) is 33.9. The Labute approximate surface area is 95.5 Å². The largest absolute Gasteiger partial charge is 0.472 e. The Bertz CT molecular complexity index is 258. The second-order valence-electron chi connectivity index (χ2n) is 3.67. The molecule has 0 radical (unpaired) electrons. The van der Waals surface area contributed by atoms with E-state index in [-0.39, 0.29) is 12.2 Å². The van der Waals surface area contributed by atoms with Crippen LogP contribution in [0.5, 0.6) is 0 Å². The highest BCUT2D eigenvalue weighted by Crippen LogP contribution is 2.45. The summed E-state index contributed by atoms with van der Waals surface area (Å²) in [5.74, 6) is 0. The van der Waals surface area contributed by atoms with E-state index in [0.29, 0.717) is 13.2 Å². The van der Waals surface area contributed by atoms with Gasteiger partial charge in [-0.25, -0.2) is 4.57 Å².